The average Bonchev–Trinajstić information content (AvgIpc) is 2.54. The number of hydrogen-bond donors (Lipinski definition) is 2. The van der Waals surface area contributed by atoms with E-state index in [1.54, 1.807) is 12.1 Å². The average molecular weight is 291 g/mol. The number of nitrogens with zero attached hydrogens (tertiary/aromatic N) is 3. The molecule has 22 heavy (non-hydrogen) atoms. The minimum absolute atomic E-state index is 0.520. The van der Waals surface area contributed by atoms with Crippen molar-refractivity contribution in [1.29, 1.82) is 0 Å². The largest absolute Gasteiger partial charge is 0.366 e. The molecule has 0 aliphatic rings. The van der Waals surface area contributed by atoms with Crippen LogP contribution >= 0.6 is 0 Å². The number of carbonyl (C=O) groups is 1. The summed E-state index contributed by atoms with van der Waals surface area (Å²) in [5.41, 5.74) is 7.94. The quantitative estimate of drug-likeness (QED) is 0.719. The van der Waals surface area contributed by atoms with Gasteiger partial charge in [0.1, 0.15) is 11.8 Å². The first-order chi connectivity index (χ1) is 10.7. The summed E-state index contributed by atoms with van der Waals surface area (Å²) in [6, 6.07) is 13.3. The highest BCUT2D eigenvalue weighted by Crippen LogP contribution is 2.21. The lowest BCUT2D eigenvalue weighted by molar-refractivity contribution is -0.113. The van der Waals surface area contributed by atoms with Crippen LogP contribution in [0, 0.1) is 0 Å². The number of anilines is 2. The summed E-state index contributed by atoms with van der Waals surface area (Å²) in [4.78, 5) is 23.7. The van der Waals surface area contributed by atoms with E-state index in [0.29, 0.717) is 22.5 Å². The summed E-state index contributed by atoms with van der Waals surface area (Å²) in [5.74, 6) is 0.0827. The second-order valence-electron chi connectivity index (χ2n) is 4.55. The monoisotopic (exact) mass is 291 g/mol. The van der Waals surface area contributed by atoms with E-state index >= 15 is 0 Å². The predicted molar refractivity (Wildman–Crippen MR) is 85.3 cm³/mol. The predicted octanol–water partition coefficient (Wildman–Crippen LogP) is 2.27. The van der Waals surface area contributed by atoms with Crippen LogP contribution in [0.1, 0.15) is 5.69 Å². The van der Waals surface area contributed by atoms with E-state index in [0.717, 1.165) is 5.69 Å². The number of pyridine rings is 1. The van der Waals surface area contributed by atoms with Crippen molar-refractivity contribution >= 4 is 34.5 Å². The molecule has 0 saturated carbocycles. The van der Waals surface area contributed by atoms with Gasteiger partial charge in [-0.3, -0.25) is 4.79 Å². The molecule has 6 heteroatoms. The molecule has 0 spiro atoms. The summed E-state index contributed by atoms with van der Waals surface area (Å²) >= 11 is 0. The van der Waals surface area contributed by atoms with Crippen LogP contribution in [0.3, 0.4) is 0 Å². The van der Waals surface area contributed by atoms with Gasteiger partial charge in [-0.15, -0.1) is 0 Å². The van der Waals surface area contributed by atoms with E-state index in [1.165, 1.54) is 12.4 Å². The van der Waals surface area contributed by atoms with E-state index in [4.69, 9.17) is 5.73 Å². The number of para-hydroxylation sites is 1. The van der Waals surface area contributed by atoms with Gasteiger partial charge in [0, 0.05) is 11.8 Å². The highest BCUT2D eigenvalue weighted by Gasteiger charge is 2.06. The summed E-state index contributed by atoms with van der Waals surface area (Å²) < 4.78 is 0. The fourth-order valence-electron chi connectivity index (χ4n) is 1.97. The van der Waals surface area contributed by atoms with Gasteiger partial charge in [0.05, 0.1) is 11.2 Å². The normalized spacial score (nSPS) is 10.9. The number of primary amides is 1. The molecule has 1 aromatic carbocycles. The maximum absolute atomic E-state index is 10.8. The van der Waals surface area contributed by atoms with Crippen LogP contribution in [0.15, 0.2) is 54.9 Å². The fourth-order valence-corrected chi connectivity index (χ4v) is 1.97. The van der Waals surface area contributed by atoms with Gasteiger partial charge in [0.25, 0.3) is 0 Å². The second-order valence-corrected chi connectivity index (χ2v) is 4.55. The number of nitrogens with one attached hydrogen (secondary N) is 1. The third kappa shape index (κ3) is 3.06. The summed E-state index contributed by atoms with van der Waals surface area (Å²) in [6.07, 6.45) is 4.30. The number of carbonyl (C=O) groups excluding carboxylic acids is 1. The first kappa shape index (κ1) is 13.7. The Morgan fingerprint density at radius 1 is 1.09 bits per heavy atom. The lowest BCUT2D eigenvalue weighted by atomic mass is 10.2. The molecule has 0 fully saturated rings. The number of nitrogens with two attached hydrogens (primary N) is 1. The Morgan fingerprint density at radius 2 is 1.91 bits per heavy atom. The Bertz CT molecular complexity index is 846. The van der Waals surface area contributed by atoms with E-state index in [1.807, 2.05) is 36.4 Å². The third-order valence-electron chi connectivity index (χ3n) is 2.96. The molecule has 3 aromatic rings. The van der Waals surface area contributed by atoms with Crippen molar-refractivity contribution in [3.63, 3.8) is 0 Å². The Kier molecular flexibility index (Phi) is 3.74. The van der Waals surface area contributed by atoms with Crippen LogP contribution in [0.2, 0.25) is 0 Å². The highest BCUT2D eigenvalue weighted by atomic mass is 16.1. The van der Waals surface area contributed by atoms with Gasteiger partial charge in [0.2, 0.25) is 5.91 Å². The molecule has 0 radical (unpaired) electrons. The van der Waals surface area contributed by atoms with Gasteiger partial charge in [-0.1, -0.05) is 18.2 Å². The van der Waals surface area contributed by atoms with E-state index in [-0.39, 0.29) is 0 Å². The molecule has 0 bridgehead atoms. The van der Waals surface area contributed by atoms with Crippen LogP contribution in [-0.4, -0.2) is 20.9 Å². The molecule has 1 amide bonds. The fraction of sp³-hybridized carbons (Fsp3) is 0. The van der Waals surface area contributed by atoms with Crippen LogP contribution in [-0.2, 0) is 4.79 Å². The van der Waals surface area contributed by atoms with Gasteiger partial charge < -0.3 is 11.1 Å². The third-order valence-corrected chi connectivity index (χ3v) is 2.96. The molecule has 2 heterocycles. The lowest BCUT2D eigenvalue weighted by Gasteiger charge is -2.07. The van der Waals surface area contributed by atoms with Gasteiger partial charge in [-0.05, 0) is 30.3 Å². The first-order valence-electron chi connectivity index (χ1n) is 6.64. The van der Waals surface area contributed by atoms with E-state index in [2.05, 4.69) is 20.3 Å². The van der Waals surface area contributed by atoms with Crippen LogP contribution in [0.4, 0.5) is 11.5 Å². The molecule has 2 aromatic heterocycles. The van der Waals surface area contributed by atoms with Crippen molar-refractivity contribution in [3.8, 4) is 0 Å². The van der Waals surface area contributed by atoms with E-state index < -0.39 is 5.91 Å². The number of aromatic nitrogens is 3. The second kappa shape index (κ2) is 6.01. The number of hydrogen-bond acceptors (Lipinski definition) is 5. The zero-order chi connectivity index (χ0) is 15.4. The molecule has 0 aliphatic carbocycles. The summed E-state index contributed by atoms with van der Waals surface area (Å²) in [6.45, 7) is 0. The number of rotatable bonds is 4. The van der Waals surface area contributed by atoms with Crippen LogP contribution < -0.4 is 11.1 Å². The Morgan fingerprint density at radius 3 is 2.68 bits per heavy atom. The Hall–Kier alpha value is -3.28. The van der Waals surface area contributed by atoms with Gasteiger partial charge in [-0.25, -0.2) is 15.0 Å². The molecular weight excluding hydrogens is 278 g/mol. The molecule has 6 nitrogen and oxygen atoms in total. The topological polar surface area (TPSA) is 93.8 Å². The molecule has 3 rings (SSSR count). The number of benzene rings is 1. The minimum Gasteiger partial charge on any atom is -0.366 e. The number of amides is 1. The summed E-state index contributed by atoms with van der Waals surface area (Å²) in [5, 5.41) is 3.21. The first-order valence-corrected chi connectivity index (χ1v) is 6.64. The van der Waals surface area contributed by atoms with Crippen molar-refractivity contribution < 1.29 is 4.79 Å². The molecule has 108 valence electrons. The van der Waals surface area contributed by atoms with Crippen LogP contribution in [0.25, 0.3) is 17.1 Å². The molecule has 0 unspecified atom stereocenters. The smallest absolute Gasteiger partial charge is 0.241 e. The van der Waals surface area contributed by atoms with Crippen LogP contribution in [0.5, 0.6) is 0 Å². The summed E-state index contributed by atoms with van der Waals surface area (Å²) in [7, 11) is 0. The maximum Gasteiger partial charge on any atom is 0.241 e. The lowest BCUT2D eigenvalue weighted by Crippen LogP contribution is -2.05. The molecular formula is C16H13N5O. The van der Waals surface area contributed by atoms with E-state index in [9.17, 15) is 4.79 Å². The molecule has 0 atom stereocenters. The van der Waals surface area contributed by atoms with Crippen molar-refractivity contribution in [2.24, 2.45) is 5.73 Å². The molecule has 3 N–H and O–H groups in total. The highest BCUT2D eigenvalue weighted by molar-refractivity contribution is 5.91. The van der Waals surface area contributed by atoms with Crippen molar-refractivity contribution in [3.05, 3.63) is 60.6 Å². The van der Waals surface area contributed by atoms with Gasteiger partial charge in [0.15, 0.2) is 5.82 Å². The standard InChI is InChI=1S/C16H13N5O/c17-14(22)9-7-12-6-8-13-15(20-12)16(19-10-18-13)21-11-4-2-1-3-5-11/h1-10H,(H2,17,22)(H,18,19,21)/b9-7+. The van der Waals surface area contributed by atoms with Gasteiger partial charge >= 0.3 is 0 Å². The van der Waals surface area contributed by atoms with Crippen molar-refractivity contribution in [2.45, 2.75) is 0 Å². The van der Waals surface area contributed by atoms with Gasteiger partial charge in [-0.2, -0.15) is 0 Å². The van der Waals surface area contributed by atoms with Crippen molar-refractivity contribution in [2.75, 3.05) is 5.32 Å². The molecule has 0 aliphatic heterocycles. The Labute approximate surface area is 126 Å². The Balaban J connectivity index is 2.02. The number of fused-ring (bicyclic) bond motifs is 1. The minimum atomic E-state index is -0.520. The maximum atomic E-state index is 10.8. The molecule has 0 saturated heterocycles. The SMILES string of the molecule is NC(=O)/C=C/c1ccc2ncnc(Nc3ccccc3)c2n1. The zero-order valence-electron chi connectivity index (χ0n) is 11.6. The zero-order valence-corrected chi connectivity index (χ0v) is 11.6. The van der Waals surface area contributed by atoms with Crippen molar-refractivity contribution in [1.82, 2.24) is 15.0 Å².